The number of hydrogen-bond acceptors (Lipinski definition) is 5. The largest absolute Gasteiger partial charge is 0.454 e. The first kappa shape index (κ1) is 22.2. The number of hydrogen-bond donors (Lipinski definition) is 1. The third-order valence-electron chi connectivity index (χ3n) is 5.13. The number of nitrogens with one attached hydrogen (secondary N) is 1. The van der Waals surface area contributed by atoms with Gasteiger partial charge in [0.05, 0.1) is 11.8 Å². The van der Waals surface area contributed by atoms with Crippen molar-refractivity contribution in [3.8, 4) is 0 Å². The standard InChI is InChI=1S/C19H19Br2ClN2O5/c1-9-2-3-10(22)4-15(9)23-16(25)8-29-17(26)7-24-18(27)11-5-13(20)14(21)6-12(11)19(24)28/h2-4,11-14H,5-8H2,1H3,(H,23,25)/t11-,12+,13+,14-. The monoisotopic (exact) mass is 548 g/mol. The Bertz CT molecular complexity index is 837. The van der Waals surface area contributed by atoms with E-state index in [1.165, 1.54) is 0 Å². The summed E-state index contributed by atoms with van der Waals surface area (Å²) in [7, 11) is 0. The van der Waals surface area contributed by atoms with Crippen LogP contribution in [0.4, 0.5) is 5.69 Å². The van der Waals surface area contributed by atoms with Crippen molar-refractivity contribution < 1.29 is 23.9 Å². The number of rotatable bonds is 5. The van der Waals surface area contributed by atoms with E-state index in [2.05, 4.69) is 37.2 Å². The van der Waals surface area contributed by atoms with E-state index in [4.69, 9.17) is 16.3 Å². The van der Waals surface area contributed by atoms with E-state index in [0.29, 0.717) is 23.6 Å². The lowest BCUT2D eigenvalue weighted by atomic mass is 9.81. The van der Waals surface area contributed by atoms with Crippen molar-refractivity contribution in [2.24, 2.45) is 11.8 Å². The van der Waals surface area contributed by atoms with E-state index in [9.17, 15) is 19.2 Å². The molecule has 29 heavy (non-hydrogen) atoms. The molecule has 1 N–H and O–H groups in total. The summed E-state index contributed by atoms with van der Waals surface area (Å²) in [4.78, 5) is 50.4. The molecule has 1 saturated carbocycles. The van der Waals surface area contributed by atoms with Gasteiger partial charge in [-0.15, -0.1) is 0 Å². The number of imide groups is 1. The second-order valence-corrected chi connectivity index (χ2v) is 9.94. The van der Waals surface area contributed by atoms with Crippen LogP contribution in [-0.2, 0) is 23.9 Å². The number of carbonyl (C=O) groups excluding carboxylic acids is 4. The van der Waals surface area contributed by atoms with E-state index in [1.807, 2.05) is 0 Å². The molecule has 7 nitrogen and oxygen atoms in total. The zero-order valence-corrected chi connectivity index (χ0v) is 19.4. The van der Waals surface area contributed by atoms with Gasteiger partial charge in [-0.25, -0.2) is 0 Å². The molecule has 0 bridgehead atoms. The second-order valence-electron chi connectivity index (χ2n) is 7.15. The average molecular weight is 551 g/mol. The number of esters is 1. The number of aryl methyl sites for hydroxylation is 1. The highest BCUT2D eigenvalue weighted by molar-refractivity contribution is 9.12. The minimum absolute atomic E-state index is 0.0889. The molecule has 1 heterocycles. The van der Waals surface area contributed by atoms with Crippen LogP contribution in [0.15, 0.2) is 18.2 Å². The molecule has 0 unspecified atom stereocenters. The Labute approximate surface area is 189 Å². The van der Waals surface area contributed by atoms with Gasteiger partial charge in [-0.3, -0.25) is 24.1 Å². The number of benzene rings is 1. The number of carbonyl (C=O) groups is 4. The van der Waals surface area contributed by atoms with E-state index in [-0.39, 0.29) is 21.5 Å². The lowest BCUT2D eigenvalue weighted by Gasteiger charge is -2.29. The van der Waals surface area contributed by atoms with Crippen LogP contribution < -0.4 is 5.32 Å². The number of ether oxygens (including phenoxy) is 1. The Balaban J connectivity index is 1.53. The lowest BCUT2D eigenvalue weighted by molar-refractivity contribution is -0.154. The van der Waals surface area contributed by atoms with Crippen molar-refractivity contribution in [3.63, 3.8) is 0 Å². The Hall–Kier alpha value is -1.45. The van der Waals surface area contributed by atoms with Crippen LogP contribution >= 0.6 is 43.5 Å². The highest BCUT2D eigenvalue weighted by atomic mass is 79.9. The quantitative estimate of drug-likeness (QED) is 0.346. The van der Waals surface area contributed by atoms with E-state index >= 15 is 0 Å². The molecule has 1 aliphatic carbocycles. The summed E-state index contributed by atoms with van der Waals surface area (Å²) < 4.78 is 4.95. The zero-order chi connectivity index (χ0) is 21.3. The molecular weight excluding hydrogens is 531 g/mol. The van der Waals surface area contributed by atoms with Gasteiger partial charge >= 0.3 is 5.97 Å². The molecule has 0 aromatic heterocycles. The van der Waals surface area contributed by atoms with Crippen LogP contribution in [0.1, 0.15) is 18.4 Å². The lowest BCUT2D eigenvalue weighted by Crippen LogP contribution is -2.37. The third-order valence-corrected chi connectivity index (χ3v) is 8.10. The fourth-order valence-electron chi connectivity index (χ4n) is 3.56. The number of alkyl halides is 2. The molecule has 156 valence electrons. The van der Waals surface area contributed by atoms with E-state index in [0.717, 1.165) is 10.5 Å². The maximum absolute atomic E-state index is 12.6. The Morgan fingerprint density at radius 3 is 2.34 bits per heavy atom. The predicted molar refractivity (Wildman–Crippen MR) is 114 cm³/mol. The second kappa shape index (κ2) is 9.14. The first-order chi connectivity index (χ1) is 13.7. The maximum Gasteiger partial charge on any atom is 0.326 e. The normalized spacial score (nSPS) is 26.3. The first-order valence-corrected chi connectivity index (χ1v) is 11.2. The molecule has 4 atom stereocenters. The predicted octanol–water partition coefficient (Wildman–Crippen LogP) is 3.05. The molecule has 1 aromatic rings. The van der Waals surface area contributed by atoms with Crippen molar-refractivity contribution in [1.82, 2.24) is 4.90 Å². The summed E-state index contributed by atoms with van der Waals surface area (Å²) in [5.74, 6) is -2.93. The van der Waals surface area contributed by atoms with E-state index < -0.39 is 36.9 Å². The van der Waals surface area contributed by atoms with Crippen LogP contribution in [0.3, 0.4) is 0 Å². The summed E-state index contributed by atoms with van der Waals surface area (Å²) in [6.45, 7) is 0.784. The van der Waals surface area contributed by atoms with Gasteiger partial charge in [0, 0.05) is 20.4 Å². The molecular formula is C19H19Br2ClN2O5. The van der Waals surface area contributed by atoms with Gasteiger partial charge in [-0.05, 0) is 37.5 Å². The van der Waals surface area contributed by atoms with Crippen molar-refractivity contribution >= 4 is 72.8 Å². The van der Waals surface area contributed by atoms with Crippen LogP contribution in [-0.4, -0.2) is 51.4 Å². The number of halogens is 3. The fraction of sp³-hybridized carbons (Fsp3) is 0.474. The first-order valence-electron chi connectivity index (χ1n) is 9.02. The number of fused-ring (bicyclic) bond motifs is 1. The number of nitrogens with zero attached hydrogens (tertiary/aromatic N) is 1. The van der Waals surface area contributed by atoms with E-state index in [1.54, 1.807) is 25.1 Å². The summed E-state index contributed by atoms with van der Waals surface area (Å²) in [5.41, 5.74) is 1.32. The summed E-state index contributed by atoms with van der Waals surface area (Å²) in [6.07, 6.45) is 1.05. The average Bonchev–Trinajstić information content (AvgIpc) is 2.88. The minimum atomic E-state index is -0.811. The van der Waals surface area contributed by atoms with Gasteiger partial charge < -0.3 is 10.1 Å². The molecule has 1 saturated heterocycles. The van der Waals surface area contributed by atoms with Gasteiger partial charge in [0.2, 0.25) is 11.8 Å². The van der Waals surface area contributed by atoms with Gasteiger partial charge in [0.15, 0.2) is 6.61 Å². The fourth-order valence-corrected chi connectivity index (χ4v) is 4.96. The summed E-state index contributed by atoms with van der Waals surface area (Å²) in [5, 5.41) is 3.07. The van der Waals surface area contributed by atoms with Gasteiger partial charge in [-0.2, -0.15) is 0 Å². The van der Waals surface area contributed by atoms with Crippen LogP contribution in [0, 0.1) is 18.8 Å². The van der Waals surface area contributed by atoms with Crippen molar-refractivity contribution in [3.05, 3.63) is 28.8 Å². The van der Waals surface area contributed by atoms with Gasteiger partial charge in [0.1, 0.15) is 6.54 Å². The topological polar surface area (TPSA) is 92.8 Å². The molecule has 3 amide bonds. The van der Waals surface area contributed by atoms with Gasteiger partial charge in [-0.1, -0.05) is 49.5 Å². The Kier molecular flexibility index (Phi) is 7.01. The third kappa shape index (κ3) is 5.00. The van der Waals surface area contributed by atoms with Crippen molar-refractivity contribution in [2.75, 3.05) is 18.5 Å². The molecule has 0 radical (unpaired) electrons. The van der Waals surface area contributed by atoms with Gasteiger partial charge in [0.25, 0.3) is 5.91 Å². The minimum Gasteiger partial charge on any atom is -0.454 e. The molecule has 0 spiro atoms. The molecule has 10 heteroatoms. The molecule has 2 fully saturated rings. The molecule has 2 aliphatic rings. The zero-order valence-electron chi connectivity index (χ0n) is 15.5. The Morgan fingerprint density at radius 1 is 1.17 bits per heavy atom. The van der Waals surface area contributed by atoms with Crippen LogP contribution in [0.2, 0.25) is 5.02 Å². The summed E-state index contributed by atoms with van der Waals surface area (Å²) in [6, 6.07) is 5.04. The maximum atomic E-state index is 12.6. The molecule has 3 rings (SSSR count). The molecule has 1 aromatic carbocycles. The highest BCUT2D eigenvalue weighted by Crippen LogP contribution is 2.43. The molecule has 1 aliphatic heterocycles. The SMILES string of the molecule is Cc1ccc(Cl)cc1NC(=O)COC(=O)CN1C(=O)[C@H]2C[C@@H](Br)[C@@H](Br)C[C@H]2C1=O. The van der Waals surface area contributed by atoms with Crippen LogP contribution in [0.25, 0.3) is 0 Å². The van der Waals surface area contributed by atoms with Crippen LogP contribution in [0.5, 0.6) is 0 Å². The summed E-state index contributed by atoms with van der Waals surface area (Å²) >= 11 is 12.9. The Morgan fingerprint density at radius 2 is 1.76 bits per heavy atom. The smallest absolute Gasteiger partial charge is 0.326 e. The number of likely N-dealkylation sites (tertiary alicyclic amines) is 1. The number of amides is 3. The van der Waals surface area contributed by atoms with Crippen molar-refractivity contribution in [1.29, 1.82) is 0 Å². The van der Waals surface area contributed by atoms with Crippen molar-refractivity contribution in [2.45, 2.75) is 29.4 Å². The highest BCUT2D eigenvalue weighted by Gasteiger charge is 2.52. The number of anilines is 1.